The smallest absolute Gasteiger partial charge is 0.340 e. The minimum absolute atomic E-state index is 0.191. The average molecular weight is 222 g/mol. The Morgan fingerprint density at radius 1 is 1.44 bits per heavy atom. The van der Waals surface area contributed by atoms with Gasteiger partial charge in [0.15, 0.2) is 0 Å². The van der Waals surface area contributed by atoms with E-state index < -0.39 is 5.97 Å². The summed E-state index contributed by atoms with van der Waals surface area (Å²) in [5.74, 6) is -0.655. The quantitative estimate of drug-likeness (QED) is 0.598. The molecule has 1 amide bonds. The third-order valence-electron chi connectivity index (χ3n) is 1.87. The van der Waals surface area contributed by atoms with Crippen LogP contribution in [0.2, 0.25) is 0 Å². The normalized spacial score (nSPS) is 9.62. The maximum atomic E-state index is 11.4. The van der Waals surface area contributed by atoms with E-state index in [1.54, 1.807) is 13.0 Å². The van der Waals surface area contributed by atoms with E-state index in [4.69, 9.17) is 10.5 Å². The molecule has 0 radical (unpaired) electrons. The third kappa shape index (κ3) is 2.98. The van der Waals surface area contributed by atoms with Crippen LogP contribution < -0.4 is 11.1 Å². The zero-order valence-corrected chi connectivity index (χ0v) is 9.24. The number of ether oxygens (including phenoxy) is 1. The number of anilines is 2. The maximum absolute atomic E-state index is 11.4. The van der Waals surface area contributed by atoms with Gasteiger partial charge in [-0.3, -0.25) is 4.79 Å². The van der Waals surface area contributed by atoms with Gasteiger partial charge in [-0.05, 0) is 25.1 Å². The monoisotopic (exact) mass is 222 g/mol. The molecule has 0 aromatic heterocycles. The van der Waals surface area contributed by atoms with E-state index in [2.05, 4.69) is 5.32 Å². The molecule has 5 nitrogen and oxygen atoms in total. The second-order valence-electron chi connectivity index (χ2n) is 3.20. The molecule has 0 unspecified atom stereocenters. The van der Waals surface area contributed by atoms with E-state index in [1.807, 2.05) is 0 Å². The topological polar surface area (TPSA) is 81.4 Å². The Kier molecular flexibility index (Phi) is 3.88. The molecule has 0 heterocycles. The summed E-state index contributed by atoms with van der Waals surface area (Å²) in [4.78, 5) is 22.2. The van der Waals surface area contributed by atoms with Gasteiger partial charge in [0.2, 0.25) is 5.91 Å². The highest BCUT2D eigenvalue weighted by atomic mass is 16.5. The summed E-state index contributed by atoms with van der Waals surface area (Å²) in [6.45, 7) is 3.42. The lowest BCUT2D eigenvalue weighted by Gasteiger charge is -2.07. The van der Waals surface area contributed by atoms with Gasteiger partial charge >= 0.3 is 5.97 Å². The van der Waals surface area contributed by atoms with Crippen LogP contribution in [0.5, 0.6) is 0 Å². The van der Waals surface area contributed by atoms with Crippen LogP contribution in [0.25, 0.3) is 0 Å². The highest BCUT2D eigenvalue weighted by Crippen LogP contribution is 2.18. The van der Waals surface area contributed by atoms with Crippen molar-refractivity contribution in [1.82, 2.24) is 0 Å². The molecule has 0 spiro atoms. The number of benzene rings is 1. The Hall–Kier alpha value is -2.04. The number of hydrogen-bond acceptors (Lipinski definition) is 4. The highest BCUT2D eigenvalue weighted by molar-refractivity contribution is 5.97. The van der Waals surface area contributed by atoms with Crippen LogP contribution in [0, 0.1) is 0 Å². The zero-order valence-electron chi connectivity index (χ0n) is 9.24. The molecule has 3 N–H and O–H groups in total. The standard InChI is InChI=1S/C11H14N2O3/c1-3-16-11(15)9-5-4-8(6-10(9)12)13-7(2)14/h4-6H,3,12H2,1-2H3,(H,13,14). The van der Waals surface area contributed by atoms with Gasteiger partial charge in [0.1, 0.15) is 0 Å². The Morgan fingerprint density at radius 2 is 2.12 bits per heavy atom. The Balaban J connectivity index is 2.91. The van der Waals surface area contributed by atoms with E-state index in [-0.39, 0.29) is 11.6 Å². The summed E-state index contributed by atoms with van der Waals surface area (Å²) < 4.78 is 4.82. The van der Waals surface area contributed by atoms with Crippen LogP contribution in [0.1, 0.15) is 24.2 Å². The van der Waals surface area contributed by atoms with Gasteiger partial charge in [0.25, 0.3) is 0 Å². The lowest BCUT2D eigenvalue weighted by Crippen LogP contribution is -2.10. The second-order valence-corrected chi connectivity index (χ2v) is 3.20. The molecule has 0 fully saturated rings. The number of nitrogens with two attached hydrogens (primary N) is 1. The maximum Gasteiger partial charge on any atom is 0.340 e. The predicted molar refractivity (Wildman–Crippen MR) is 61.1 cm³/mol. The number of carbonyl (C=O) groups is 2. The fourth-order valence-corrected chi connectivity index (χ4v) is 1.24. The number of hydrogen-bond donors (Lipinski definition) is 2. The second kappa shape index (κ2) is 5.16. The number of nitrogen functional groups attached to an aromatic ring is 1. The van der Waals surface area contributed by atoms with Crippen molar-refractivity contribution in [2.45, 2.75) is 13.8 Å². The predicted octanol–water partition coefficient (Wildman–Crippen LogP) is 1.40. The highest BCUT2D eigenvalue weighted by Gasteiger charge is 2.10. The molecule has 1 rings (SSSR count). The first-order chi connectivity index (χ1) is 7.54. The van der Waals surface area contributed by atoms with Crippen LogP contribution in [-0.2, 0) is 9.53 Å². The van der Waals surface area contributed by atoms with Crippen LogP contribution in [-0.4, -0.2) is 18.5 Å². The van der Waals surface area contributed by atoms with Gasteiger partial charge in [-0.2, -0.15) is 0 Å². The van der Waals surface area contributed by atoms with Crippen LogP contribution in [0.15, 0.2) is 18.2 Å². The van der Waals surface area contributed by atoms with Gasteiger partial charge in [0.05, 0.1) is 12.2 Å². The Morgan fingerprint density at radius 3 is 2.62 bits per heavy atom. The van der Waals surface area contributed by atoms with Crippen molar-refractivity contribution < 1.29 is 14.3 Å². The molecular formula is C11H14N2O3. The Bertz CT molecular complexity index is 416. The molecule has 1 aromatic rings. The molecule has 0 bridgehead atoms. The molecule has 0 saturated heterocycles. The molecule has 0 aliphatic heterocycles. The van der Waals surface area contributed by atoms with E-state index in [0.717, 1.165) is 0 Å². The fourth-order valence-electron chi connectivity index (χ4n) is 1.24. The van der Waals surface area contributed by atoms with Crippen LogP contribution in [0.3, 0.4) is 0 Å². The van der Waals surface area contributed by atoms with Gasteiger partial charge in [-0.25, -0.2) is 4.79 Å². The van der Waals surface area contributed by atoms with Crippen molar-refractivity contribution in [1.29, 1.82) is 0 Å². The summed E-state index contributed by atoms with van der Waals surface area (Å²) in [7, 11) is 0. The molecule has 16 heavy (non-hydrogen) atoms. The first-order valence-corrected chi connectivity index (χ1v) is 4.88. The summed E-state index contributed by atoms with van der Waals surface area (Å²) in [5, 5.41) is 2.57. The lowest BCUT2D eigenvalue weighted by molar-refractivity contribution is -0.114. The molecule has 86 valence electrons. The van der Waals surface area contributed by atoms with Crippen molar-refractivity contribution in [3.63, 3.8) is 0 Å². The van der Waals surface area contributed by atoms with Crippen molar-refractivity contribution in [2.24, 2.45) is 0 Å². The van der Waals surface area contributed by atoms with Gasteiger partial charge in [0, 0.05) is 18.3 Å². The molecule has 0 aliphatic rings. The van der Waals surface area contributed by atoms with E-state index >= 15 is 0 Å². The number of nitrogens with one attached hydrogen (secondary N) is 1. The van der Waals surface area contributed by atoms with E-state index in [1.165, 1.54) is 19.1 Å². The first kappa shape index (κ1) is 12.0. The van der Waals surface area contributed by atoms with Crippen LogP contribution >= 0.6 is 0 Å². The minimum atomic E-state index is -0.464. The largest absolute Gasteiger partial charge is 0.462 e. The number of amides is 1. The van der Waals surface area contributed by atoms with Gasteiger partial charge in [-0.15, -0.1) is 0 Å². The number of esters is 1. The van der Waals surface area contributed by atoms with E-state index in [0.29, 0.717) is 17.9 Å². The molecule has 0 aliphatic carbocycles. The number of rotatable bonds is 3. The first-order valence-electron chi connectivity index (χ1n) is 4.88. The molecule has 5 heteroatoms. The summed E-state index contributed by atoms with van der Waals surface area (Å²) in [5.41, 5.74) is 6.81. The number of carbonyl (C=O) groups excluding carboxylic acids is 2. The van der Waals surface area contributed by atoms with Crippen molar-refractivity contribution in [3.8, 4) is 0 Å². The third-order valence-corrected chi connectivity index (χ3v) is 1.87. The fraction of sp³-hybridized carbons (Fsp3) is 0.273. The minimum Gasteiger partial charge on any atom is -0.462 e. The molecule has 0 atom stereocenters. The van der Waals surface area contributed by atoms with Gasteiger partial charge < -0.3 is 15.8 Å². The van der Waals surface area contributed by atoms with E-state index in [9.17, 15) is 9.59 Å². The summed E-state index contributed by atoms with van der Waals surface area (Å²) in [6, 6.07) is 4.65. The van der Waals surface area contributed by atoms with Gasteiger partial charge in [-0.1, -0.05) is 0 Å². The van der Waals surface area contributed by atoms with Crippen molar-refractivity contribution in [3.05, 3.63) is 23.8 Å². The molecule has 1 aromatic carbocycles. The SMILES string of the molecule is CCOC(=O)c1ccc(NC(C)=O)cc1N. The average Bonchev–Trinajstić information content (AvgIpc) is 2.16. The van der Waals surface area contributed by atoms with Crippen molar-refractivity contribution >= 4 is 23.3 Å². The summed E-state index contributed by atoms with van der Waals surface area (Å²) in [6.07, 6.45) is 0. The molecule has 0 saturated carbocycles. The molecular weight excluding hydrogens is 208 g/mol. The summed E-state index contributed by atoms with van der Waals surface area (Å²) >= 11 is 0. The lowest BCUT2D eigenvalue weighted by atomic mass is 10.1. The zero-order chi connectivity index (χ0) is 12.1. The van der Waals surface area contributed by atoms with Crippen molar-refractivity contribution in [2.75, 3.05) is 17.7 Å². The van der Waals surface area contributed by atoms with Crippen LogP contribution in [0.4, 0.5) is 11.4 Å². The Labute approximate surface area is 93.6 Å².